The maximum Gasteiger partial charge on any atom is 0.237 e. The lowest BCUT2D eigenvalue weighted by molar-refractivity contribution is -0.138. The summed E-state index contributed by atoms with van der Waals surface area (Å²) in [7, 11) is 0. The van der Waals surface area contributed by atoms with E-state index in [4.69, 9.17) is 15.2 Å². The van der Waals surface area contributed by atoms with Crippen LogP contribution in [0.25, 0.3) is 0 Å². The summed E-state index contributed by atoms with van der Waals surface area (Å²) in [5.74, 6) is 0.245. The minimum absolute atomic E-state index is 0.186. The maximum atomic E-state index is 13.3. The highest BCUT2D eigenvalue weighted by atomic mass is 19.1. The maximum absolute atomic E-state index is 13.3. The molecule has 0 aromatic heterocycles. The molecule has 0 bridgehead atoms. The summed E-state index contributed by atoms with van der Waals surface area (Å²) in [6, 6.07) is 16.1. The quantitative estimate of drug-likeness (QED) is 0.186. The molecule has 0 saturated carbocycles. The number of fused-ring (bicyclic) bond motifs is 2. The molecule has 3 aromatic rings. The molecule has 6 N–H and O–H groups in total. The van der Waals surface area contributed by atoms with Crippen molar-refractivity contribution in [3.05, 3.63) is 89.0 Å². The molecule has 5 unspecified atom stereocenters. The van der Waals surface area contributed by atoms with Crippen molar-refractivity contribution < 1.29 is 38.1 Å². The number of carbonyl (C=O) groups excluding carboxylic acids is 2. The summed E-state index contributed by atoms with van der Waals surface area (Å²) < 4.78 is 38.2. The number of aliphatic hydroxyl groups excluding tert-OH is 2. The summed E-state index contributed by atoms with van der Waals surface area (Å²) in [6.45, 7) is 2.48. The summed E-state index contributed by atoms with van der Waals surface area (Å²) in [6.07, 6.45) is 1.85. The number of nitrogen functional groups attached to an aromatic ring is 1. The van der Waals surface area contributed by atoms with Crippen LogP contribution in [0.15, 0.2) is 60.7 Å². The third kappa shape index (κ3) is 7.66. The Morgan fingerprint density at radius 3 is 1.87 bits per heavy atom. The molecule has 1 saturated heterocycles. The molecule has 46 heavy (non-hydrogen) atoms. The van der Waals surface area contributed by atoms with Crippen molar-refractivity contribution in [3.8, 4) is 11.5 Å². The lowest BCUT2D eigenvalue weighted by Gasteiger charge is -2.34. The third-order valence-corrected chi connectivity index (χ3v) is 9.10. The van der Waals surface area contributed by atoms with Crippen molar-refractivity contribution >= 4 is 17.5 Å². The zero-order valence-corrected chi connectivity index (χ0v) is 25.8. The van der Waals surface area contributed by atoms with E-state index in [1.807, 2.05) is 19.1 Å². The van der Waals surface area contributed by atoms with Gasteiger partial charge in [-0.25, -0.2) is 8.78 Å². The van der Waals surface area contributed by atoms with Gasteiger partial charge in [0.15, 0.2) is 0 Å². The summed E-state index contributed by atoms with van der Waals surface area (Å²) in [5.41, 5.74) is 8.29. The van der Waals surface area contributed by atoms with Crippen LogP contribution in [0, 0.1) is 11.6 Å². The van der Waals surface area contributed by atoms with E-state index in [1.165, 1.54) is 24.3 Å². The van der Waals surface area contributed by atoms with Crippen LogP contribution in [0.4, 0.5) is 14.5 Å². The highest BCUT2D eigenvalue weighted by Gasteiger charge is 2.42. The average molecular weight is 638 g/mol. The molecule has 3 aromatic carbocycles. The van der Waals surface area contributed by atoms with Crippen LogP contribution in [0.1, 0.15) is 55.7 Å². The Kier molecular flexibility index (Phi) is 10.6. The minimum atomic E-state index is -0.753. The Morgan fingerprint density at radius 1 is 0.870 bits per heavy atom. The summed E-state index contributed by atoms with van der Waals surface area (Å²) in [5, 5.41) is 26.3. The number of halogens is 2. The molecule has 0 aliphatic carbocycles. The van der Waals surface area contributed by atoms with Gasteiger partial charge in [-0.15, -0.1) is 0 Å². The SMILES string of the molecule is CCC1(c2ccc(N)cc2)CCC(=O)NC1=O.OC(CNCC(O)C1CCc2cc(F)ccc2O1)C1CCc2cc(F)ccc2O1. The average Bonchev–Trinajstić information content (AvgIpc) is 3.05. The van der Waals surface area contributed by atoms with Crippen LogP contribution >= 0.6 is 0 Å². The fourth-order valence-electron chi connectivity index (χ4n) is 6.31. The van der Waals surface area contributed by atoms with E-state index in [1.54, 1.807) is 24.3 Å². The van der Waals surface area contributed by atoms with E-state index in [2.05, 4.69) is 10.6 Å². The first-order valence-electron chi connectivity index (χ1n) is 15.8. The van der Waals surface area contributed by atoms with Gasteiger partial charge in [0.2, 0.25) is 11.8 Å². The summed E-state index contributed by atoms with van der Waals surface area (Å²) >= 11 is 0. The van der Waals surface area contributed by atoms with Crippen molar-refractivity contribution in [1.82, 2.24) is 10.6 Å². The first-order chi connectivity index (χ1) is 22.1. The smallest absolute Gasteiger partial charge is 0.237 e. The van der Waals surface area contributed by atoms with Crippen LogP contribution < -0.4 is 25.8 Å². The zero-order chi connectivity index (χ0) is 32.8. The van der Waals surface area contributed by atoms with Crippen molar-refractivity contribution in [3.63, 3.8) is 0 Å². The predicted molar refractivity (Wildman–Crippen MR) is 168 cm³/mol. The number of ether oxygens (including phenoxy) is 2. The van der Waals surface area contributed by atoms with Crippen LogP contribution in [-0.4, -0.2) is 59.5 Å². The number of rotatable bonds is 8. The second kappa shape index (κ2) is 14.6. The fourth-order valence-corrected chi connectivity index (χ4v) is 6.31. The lowest BCUT2D eigenvalue weighted by Crippen LogP contribution is -2.51. The number of aliphatic hydroxyl groups is 2. The number of carbonyl (C=O) groups is 2. The standard InChI is InChI=1S/C22H25F2NO4.C13H16N2O2/c23-15-3-7-19-13(9-15)1-5-21(28-19)17(26)11-25-12-18(27)22-6-2-14-10-16(24)4-8-20(14)29-22;1-2-13(8-7-11(16)15-12(13)17)9-3-5-10(14)6-4-9/h3-4,7-10,17-18,21-22,25-27H,1-2,5-6,11-12H2;3-6H,2,7-8,14H2,1H3,(H,15,16,17). The zero-order valence-electron chi connectivity index (χ0n) is 25.8. The van der Waals surface area contributed by atoms with E-state index in [0.717, 1.165) is 16.7 Å². The predicted octanol–water partition coefficient (Wildman–Crippen LogP) is 3.72. The van der Waals surface area contributed by atoms with Crippen LogP contribution in [0.5, 0.6) is 11.5 Å². The first kappa shape index (κ1) is 33.3. The number of benzene rings is 3. The van der Waals surface area contributed by atoms with Gasteiger partial charge in [0, 0.05) is 25.2 Å². The largest absolute Gasteiger partial charge is 0.487 e. The van der Waals surface area contributed by atoms with Gasteiger partial charge in [0.1, 0.15) is 47.5 Å². The number of hydrogen-bond donors (Lipinski definition) is 5. The van der Waals surface area contributed by atoms with Gasteiger partial charge < -0.3 is 30.7 Å². The van der Waals surface area contributed by atoms with E-state index < -0.39 is 17.6 Å². The number of hydrogen-bond acceptors (Lipinski definition) is 8. The molecule has 11 heteroatoms. The molecule has 246 valence electrons. The van der Waals surface area contributed by atoms with Crippen molar-refractivity contribution in [2.24, 2.45) is 0 Å². The topological polar surface area (TPSA) is 143 Å². The fraction of sp³-hybridized carbons (Fsp3) is 0.429. The summed E-state index contributed by atoms with van der Waals surface area (Å²) in [4.78, 5) is 23.3. The molecule has 2 amide bonds. The molecule has 5 atom stereocenters. The van der Waals surface area contributed by atoms with Gasteiger partial charge in [-0.2, -0.15) is 0 Å². The number of nitrogens with one attached hydrogen (secondary N) is 2. The molecule has 3 heterocycles. The van der Waals surface area contributed by atoms with Crippen molar-refractivity contribution in [2.75, 3.05) is 18.8 Å². The van der Waals surface area contributed by atoms with E-state index in [-0.39, 0.29) is 48.7 Å². The van der Waals surface area contributed by atoms with Crippen molar-refractivity contribution in [1.29, 1.82) is 0 Å². The molecular weight excluding hydrogens is 596 g/mol. The van der Waals surface area contributed by atoms with Gasteiger partial charge >= 0.3 is 0 Å². The van der Waals surface area contributed by atoms with Crippen LogP contribution in [-0.2, 0) is 27.8 Å². The third-order valence-electron chi connectivity index (χ3n) is 9.10. The van der Waals surface area contributed by atoms with Gasteiger partial charge in [0.05, 0.1) is 5.41 Å². The minimum Gasteiger partial charge on any atom is -0.487 e. The number of nitrogens with two attached hydrogens (primary N) is 1. The molecule has 3 aliphatic heterocycles. The molecular formula is C35H41F2N3O6. The van der Waals surface area contributed by atoms with E-state index in [0.29, 0.717) is 62.1 Å². The first-order valence-corrected chi connectivity index (χ1v) is 15.8. The van der Waals surface area contributed by atoms with Crippen molar-refractivity contribution in [2.45, 2.75) is 81.7 Å². The molecule has 1 fully saturated rings. The van der Waals surface area contributed by atoms with Gasteiger partial charge in [-0.3, -0.25) is 14.9 Å². The number of piperidine rings is 1. The Hall–Kier alpha value is -4.06. The number of aryl methyl sites for hydroxylation is 2. The van der Waals surface area contributed by atoms with E-state index >= 15 is 0 Å². The Labute approximate surface area is 267 Å². The number of amides is 2. The van der Waals surface area contributed by atoms with Gasteiger partial charge in [-0.05, 0) is 104 Å². The Bertz CT molecular complexity index is 1470. The van der Waals surface area contributed by atoms with Gasteiger partial charge in [-0.1, -0.05) is 19.1 Å². The molecule has 3 aliphatic rings. The molecule has 6 rings (SSSR count). The molecule has 0 spiro atoms. The normalized spacial score (nSPS) is 23.3. The highest BCUT2D eigenvalue weighted by molar-refractivity contribution is 6.03. The molecule has 9 nitrogen and oxygen atoms in total. The second-order valence-corrected chi connectivity index (χ2v) is 12.1. The van der Waals surface area contributed by atoms with Crippen LogP contribution in [0.3, 0.4) is 0 Å². The Balaban J connectivity index is 0.000000209. The lowest BCUT2D eigenvalue weighted by atomic mass is 9.72. The highest BCUT2D eigenvalue weighted by Crippen LogP contribution is 2.36. The second-order valence-electron chi connectivity index (χ2n) is 12.1. The van der Waals surface area contributed by atoms with E-state index in [9.17, 15) is 28.6 Å². The monoisotopic (exact) mass is 637 g/mol. The Morgan fingerprint density at radius 2 is 1.39 bits per heavy atom. The number of anilines is 1. The molecule has 0 radical (unpaired) electrons. The van der Waals surface area contributed by atoms with Gasteiger partial charge in [0.25, 0.3) is 0 Å². The van der Waals surface area contributed by atoms with Crippen LogP contribution in [0.2, 0.25) is 0 Å². The number of imide groups is 1.